The summed E-state index contributed by atoms with van der Waals surface area (Å²) in [5, 5.41) is 4.93. The van der Waals surface area contributed by atoms with Gasteiger partial charge in [-0.25, -0.2) is 4.39 Å². The van der Waals surface area contributed by atoms with Gasteiger partial charge in [-0.3, -0.25) is 14.4 Å². The fraction of sp³-hybridized carbons (Fsp3) is 0.211. The van der Waals surface area contributed by atoms with Gasteiger partial charge in [-0.1, -0.05) is 0 Å². The molecule has 0 saturated heterocycles. The lowest BCUT2D eigenvalue weighted by Gasteiger charge is -2.12. The lowest BCUT2D eigenvalue weighted by atomic mass is 10.1. The Hall–Kier alpha value is -3.42. The zero-order valence-electron chi connectivity index (χ0n) is 14.9. The Kier molecular flexibility index (Phi) is 6.87. The van der Waals surface area contributed by atoms with Crippen LogP contribution in [0.4, 0.5) is 10.1 Å². The molecule has 0 radical (unpaired) electrons. The van der Waals surface area contributed by atoms with Crippen molar-refractivity contribution < 1.29 is 28.2 Å². The van der Waals surface area contributed by atoms with Crippen molar-refractivity contribution in [2.75, 3.05) is 25.6 Å². The minimum absolute atomic E-state index is 0.121. The molecule has 142 valence electrons. The Balaban J connectivity index is 1.81. The molecule has 0 aliphatic heterocycles. The van der Waals surface area contributed by atoms with E-state index in [0.29, 0.717) is 22.7 Å². The van der Waals surface area contributed by atoms with Crippen LogP contribution in [0.2, 0.25) is 0 Å². The van der Waals surface area contributed by atoms with Crippen LogP contribution >= 0.6 is 0 Å². The molecule has 0 heterocycles. The number of ketones is 1. The summed E-state index contributed by atoms with van der Waals surface area (Å²) >= 11 is 0. The molecule has 0 aliphatic carbocycles. The Bertz CT molecular complexity index is 836. The van der Waals surface area contributed by atoms with Crippen LogP contribution in [0, 0.1) is 5.82 Å². The predicted molar refractivity (Wildman–Crippen MR) is 96.5 cm³/mol. The fourth-order valence-electron chi connectivity index (χ4n) is 2.12. The monoisotopic (exact) mass is 374 g/mol. The summed E-state index contributed by atoms with van der Waals surface area (Å²) in [6.45, 7) is 0.833. The maximum Gasteiger partial charge on any atom is 0.258 e. The third-order valence-electron chi connectivity index (χ3n) is 3.50. The van der Waals surface area contributed by atoms with Crippen LogP contribution in [0.1, 0.15) is 17.3 Å². The van der Waals surface area contributed by atoms with Crippen molar-refractivity contribution >= 4 is 23.3 Å². The largest absolute Gasteiger partial charge is 0.493 e. The Labute approximate surface area is 155 Å². The number of Topliss-reactive ketones (excluding diaryl/α,β-unsaturated/α-hetero) is 1. The molecule has 7 nitrogen and oxygen atoms in total. The van der Waals surface area contributed by atoms with Crippen molar-refractivity contribution in [3.63, 3.8) is 0 Å². The SMILES string of the molecule is COc1cc(C(C)=O)ccc1OCC(=O)NCC(=O)Nc1ccc(F)cc1. The van der Waals surface area contributed by atoms with Gasteiger partial charge >= 0.3 is 0 Å². The first-order valence-electron chi connectivity index (χ1n) is 8.03. The van der Waals surface area contributed by atoms with Crippen molar-refractivity contribution in [2.45, 2.75) is 6.92 Å². The zero-order chi connectivity index (χ0) is 19.8. The van der Waals surface area contributed by atoms with Gasteiger partial charge in [0.25, 0.3) is 5.91 Å². The molecule has 8 heteroatoms. The minimum Gasteiger partial charge on any atom is -0.493 e. The molecule has 0 spiro atoms. The number of hydrogen-bond acceptors (Lipinski definition) is 5. The van der Waals surface area contributed by atoms with Gasteiger partial charge in [-0.15, -0.1) is 0 Å². The van der Waals surface area contributed by atoms with E-state index in [0.717, 1.165) is 0 Å². The van der Waals surface area contributed by atoms with Crippen LogP contribution in [0.5, 0.6) is 11.5 Å². The van der Waals surface area contributed by atoms with Crippen molar-refractivity contribution in [3.05, 3.63) is 53.8 Å². The van der Waals surface area contributed by atoms with E-state index in [4.69, 9.17) is 9.47 Å². The van der Waals surface area contributed by atoms with Crippen LogP contribution in [0.15, 0.2) is 42.5 Å². The van der Waals surface area contributed by atoms with Crippen molar-refractivity contribution in [2.24, 2.45) is 0 Å². The summed E-state index contributed by atoms with van der Waals surface area (Å²) in [5.74, 6) is -0.881. The van der Waals surface area contributed by atoms with E-state index < -0.39 is 17.6 Å². The molecule has 2 aromatic carbocycles. The van der Waals surface area contributed by atoms with Gasteiger partial charge in [-0.2, -0.15) is 0 Å². The first kappa shape index (κ1) is 19.9. The third-order valence-corrected chi connectivity index (χ3v) is 3.50. The van der Waals surface area contributed by atoms with Crippen LogP contribution in [0.25, 0.3) is 0 Å². The molecule has 2 amide bonds. The van der Waals surface area contributed by atoms with Crippen molar-refractivity contribution in [1.29, 1.82) is 0 Å². The van der Waals surface area contributed by atoms with Gasteiger partial charge < -0.3 is 20.1 Å². The lowest BCUT2D eigenvalue weighted by molar-refractivity contribution is -0.125. The van der Waals surface area contributed by atoms with Crippen LogP contribution < -0.4 is 20.1 Å². The molecule has 0 saturated carbocycles. The van der Waals surface area contributed by atoms with Crippen molar-refractivity contribution in [1.82, 2.24) is 5.32 Å². The van der Waals surface area contributed by atoms with E-state index in [-0.39, 0.29) is 18.9 Å². The first-order valence-corrected chi connectivity index (χ1v) is 8.03. The molecule has 0 bridgehead atoms. The molecule has 0 aromatic heterocycles. The maximum atomic E-state index is 12.8. The zero-order valence-corrected chi connectivity index (χ0v) is 14.9. The van der Waals surface area contributed by atoms with E-state index in [2.05, 4.69) is 10.6 Å². The van der Waals surface area contributed by atoms with Crippen LogP contribution in [-0.4, -0.2) is 37.9 Å². The molecule has 0 atom stereocenters. The van der Waals surface area contributed by atoms with Crippen LogP contribution in [-0.2, 0) is 9.59 Å². The molecule has 0 aliphatic rings. The number of hydrogen-bond donors (Lipinski definition) is 2. The predicted octanol–water partition coefficient (Wildman–Crippen LogP) is 2.17. The highest BCUT2D eigenvalue weighted by Crippen LogP contribution is 2.28. The normalized spacial score (nSPS) is 10.0. The highest BCUT2D eigenvalue weighted by atomic mass is 19.1. The van der Waals surface area contributed by atoms with E-state index >= 15 is 0 Å². The van der Waals surface area contributed by atoms with E-state index in [1.165, 1.54) is 50.4 Å². The number of benzene rings is 2. The number of amides is 2. The number of halogens is 1. The van der Waals surface area contributed by atoms with Gasteiger partial charge in [0.05, 0.1) is 13.7 Å². The Morgan fingerprint density at radius 1 is 1.00 bits per heavy atom. The maximum absolute atomic E-state index is 12.8. The van der Waals surface area contributed by atoms with Crippen LogP contribution in [0.3, 0.4) is 0 Å². The highest BCUT2D eigenvalue weighted by molar-refractivity contribution is 5.95. The molecule has 2 rings (SSSR count). The fourth-order valence-corrected chi connectivity index (χ4v) is 2.12. The van der Waals surface area contributed by atoms with Gasteiger partial charge in [0.15, 0.2) is 23.9 Å². The Morgan fingerprint density at radius 2 is 1.70 bits per heavy atom. The number of anilines is 1. The minimum atomic E-state index is -0.512. The second kappa shape index (κ2) is 9.33. The molecular formula is C19H19FN2O5. The molecule has 2 N–H and O–H groups in total. The summed E-state index contributed by atoms with van der Waals surface area (Å²) in [4.78, 5) is 35.0. The molecular weight excluding hydrogens is 355 g/mol. The molecule has 27 heavy (non-hydrogen) atoms. The summed E-state index contributed by atoms with van der Waals surface area (Å²) in [6.07, 6.45) is 0. The van der Waals surface area contributed by atoms with Gasteiger partial charge in [-0.05, 0) is 49.4 Å². The number of carbonyl (C=O) groups excluding carboxylic acids is 3. The number of carbonyl (C=O) groups is 3. The van der Waals surface area contributed by atoms with E-state index in [1.54, 1.807) is 6.07 Å². The lowest BCUT2D eigenvalue weighted by Crippen LogP contribution is -2.35. The first-order chi connectivity index (χ1) is 12.9. The average molecular weight is 374 g/mol. The standard InChI is InChI=1S/C19H19FN2O5/c1-12(23)13-3-8-16(17(9-13)26-2)27-11-19(25)21-10-18(24)22-15-6-4-14(20)5-7-15/h3-9H,10-11H2,1-2H3,(H,21,25)(H,22,24). The Morgan fingerprint density at radius 3 is 2.33 bits per heavy atom. The summed E-state index contributed by atoms with van der Waals surface area (Å²) in [6, 6.07) is 9.87. The number of ether oxygens (including phenoxy) is 2. The second-order valence-corrected chi connectivity index (χ2v) is 5.54. The third kappa shape index (κ3) is 6.10. The highest BCUT2D eigenvalue weighted by Gasteiger charge is 2.11. The van der Waals surface area contributed by atoms with E-state index in [9.17, 15) is 18.8 Å². The summed E-state index contributed by atoms with van der Waals surface area (Å²) < 4.78 is 23.3. The van der Waals surface area contributed by atoms with Gasteiger partial charge in [0, 0.05) is 11.3 Å². The topological polar surface area (TPSA) is 93.7 Å². The smallest absolute Gasteiger partial charge is 0.258 e. The van der Waals surface area contributed by atoms with E-state index in [1.807, 2.05) is 0 Å². The number of rotatable bonds is 8. The van der Waals surface area contributed by atoms with Gasteiger partial charge in [0.2, 0.25) is 5.91 Å². The molecule has 2 aromatic rings. The molecule has 0 unspecified atom stereocenters. The quantitative estimate of drug-likeness (QED) is 0.691. The summed E-state index contributed by atoms with van der Waals surface area (Å²) in [5.41, 5.74) is 0.878. The number of nitrogens with one attached hydrogen (secondary N) is 2. The summed E-state index contributed by atoms with van der Waals surface area (Å²) in [7, 11) is 1.42. The second-order valence-electron chi connectivity index (χ2n) is 5.54. The average Bonchev–Trinajstić information content (AvgIpc) is 2.66. The number of methoxy groups -OCH3 is 1. The molecule has 0 fully saturated rings. The van der Waals surface area contributed by atoms with Crippen molar-refractivity contribution in [3.8, 4) is 11.5 Å². The van der Waals surface area contributed by atoms with Gasteiger partial charge in [0.1, 0.15) is 5.82 Å².